The fourth-order valence-corrected chi connectivity index (χ4v) is 4.21. The van der Waals surface area contributed by atoms with Gasteiger partial charge in [-0.25, -0.2) is 0 Å². The normalized spacial score (nSPS) is 23.0. The second-order valence-electron chi connectivity index (χ2n) is 7.28. The van der Waals surface area contributed by atoms with E-state index < -0.39 is 0 Å². The van der Waals surface area contributed by atoms with Gasteiger partial charge in [0.15, 0.2) is 0 Å². The molecule has 1 saturated heterocycles. The summed E-state index contributed by atoms with van der Waals surface area (Å²) in [5.41, 5.74) is 2.99. The van der Waals surface area contributed by atoms with Gasteiger partial charge in [0, 0.05) is 38.8 Å². The molecule has 1 aliphatic heterocycles. The van der Waals surface area contributed by atoms with Gasteiger partial charge < -0.3 is 5.11 Å². The van der Waals surface area contributed by atoms with Crippen molar-refractivity contribution in [2.75, 3.05) is 39.3 Å². The topological polar surface area (TPSA) is 26.7 Å². The molecular formula is C20H32N2O. The van der Waals surface area contributed by atoms with E-state index in [1.165, 1.54) is 37.7 Å². The number of benzene rings is 1. The summed E-state index contributed by atoms with van der Waals surface area (Å²) in [6.45, 7) is 7.78. The van der Waals surface area contributed by atoms with Crippen LogP contribution >= 0.6 is 0 Å². The minimum atomic E-state index is 0.276. The van der Waals surface area contributed by atoms with Crippen LogP contribution in [0.15, 0.2) is 24.3 Å². The first-order valence-electron chi connectivity index (χ1n) is 9.45. The van der Waals surface area contributed by atoms with Gasteiger partial charge in [0.1, 0.15) is 0 Å². The zero-order valence-corrected chi connectivity index (χ0v) is 14.6. The monoisotopic (exact) mass is 316 g/mol. The van der Waals surface area contributed by atoms with E-state index in [4.69, 9.17) is 5.11 Å². The summed E-state index contributed by atoms with van der Waals surface area (Å²) in [6, 6.07) is 9.96. The Balaban J connectivity index is 1.56. The molecule has 0 bridgehead atoms. The largest absolute Gasteiger partial charge is 0.395 e. The van der Waals surface area contributed by atoms with E-state index in [0.717, 1.165) is 38.6 Å². The molecule has 1 atom stereocenters. The van der Waals surface area contributed by atoms with Crippen molar-refractivity contribution in [2.45, 2.75) is 51.0 Å². The van der Waals surface area contributed by atoms with Crippen molar-refractivity contribution in [2.24, 2.45) is 0 Å². The lowest BCUT2D eigenvalue weighted by Crippen LogP contribution is -2.47. The summed E-state index contributed by atoms with van der Waals surface area (Å²) in [5.74, 6) is 0.801. The number of aliphatic hydroxyl groups is 1. The third-order valence-corrected chi connectivity index (χ3v) is 5.87. The minimum absolute atomic E-state index is 0.276. The number of piperazine rings is 1. The molecule has 2 fully saturated rings. The number of aliphatic hydroxyl groups excluding tert-OH is 1. The van der Waals surface area contributed by atoms with Crippen LogP contribution in [0.4, 0.5) is 0 Å². The maximum Gasteiger partial charge on any atom is 0.0558 e. The molecule has 0 amide bonds. The quantitative estimate of drug-likeness (QED) is 0.902. The number of nitrogens with zero attached hydrogens (tertiary/aromatic N) is 2. The highest BCUT2D eigenvalue weighted by Crippen LogP contribution is 2.33. The van der Waals surface area contributed by atoms with E-state index in [1.807, 2.05) is 0 Å². The van der Waals surface area contributed by atoms with Crippen molar-refractivity contribution >= 4 is 0 Å². The first kappa shape index (κ1) is 16.9. The molecule has 1 saturated carbocycles. The van der Waals surface area contributed by atoms with Crippen molar-refractivity contribution in [1.82, 2.24) is 9.80 Å². The summed E-state index contributed by atoms with van der Waals surface area (Å²) in [4.78, 5) is 4.93. The van der Waals surface area contributed by atoms with Gasteiger partial charge in [0.2, 0.25) is 0 Å². The van der Waals surface area contributed by atoms with Gasteiger partial charge >= 0.3 is 0 Å². The molecule has 0 spiro atoms. The number of hydrogen-bond acceptors (Lipinski definition) is 3. The fraction of sp³-hybridized carbons (Fsp3) is 0.700. The Kier molecular flexibility index (Phi) is 6.09. The van der Waals surface area contributed by atoms with Crippen LogP contribution in [-0.4, -0.2) is 54.2 Å². The average Bonchev–Trinajstić information content (AvgIpc) is 2.63. The van der Waals surface area contributed by atoms with Crippen LogP contribution in [0.3, 0.4) is 0 Å². The predicted octanol–water partition coefficient (Wildman–Crippen LogP) is 3.41. The first-order valence-corrected chi connectivity index (χ1v) is 9.45. The van der Waals surface area contributed by atoms with Crippen LogP contribution < -0.4 is 0 Å². The highest BCUT2D eigenvalue weighted by Gasteiger charge is 2.22. The highest BCUT2D eigenvalue weighted by molar-refractivity contribution is 5.27. The summed E-state index contributed by atoms with van der Waals surface area (Å²) in [6.07, 6.45) is 6.99. The Bertz CT molecular complexity index is 459. The van der Waals surface area contributed by atoms with Gasteiger partial charge in [-0.1, -0.05) is 43.5 Å². The molecule has 3 rings (SSSR count). The van der Waals surface area contributed by atoms with Crippen LogP contribution in [-0.2, 0) is 0 Å². The zero-order valence-electron chi connectivity index (χ0n) is 14.6. The lowest BCUT2D eigenvalue weighted by molar-refractivity contribution is 0.0888. The Morgan fingerprint density at radius 3 is 2.26 bits per heavy atom. The number of β-amino-alcohol motifs (C(OH)–C–C–N with tert-alkyl or cyclic N) is 1. The summed E-state index contributed by atoms with van der Waals surface area (Å²) < 4.78 is 0. The van der Waals surface area contributed by atoms with Crippen LogP contribution in [0.25, 0.3) is 0 Å². The second-order valence-corrected chi connectivity index (χ2v) is 7.28. The lowest BCUT2D eigenvalue weighted by Gasteiger charge is -2.38. The third-order valence-electron chi connectivity index (χ3n) is 5.87. The summed E-state index contributed by atoms with van der Waals surface area (Å²) >= 11 is 0. The predicted molar refractivity (Wildman–Crippen MR) is 95.8 cm³/mol. The van der Waals surface area contributed by atoms with Gasteiger partial charge in [-0.3, -0.25) is 9.80 Å². The van der Waals surface area contributed by atoms with Crippen molar-refractivity contribution in [1.29, 1.82) is 0 Å². The molecule has 1 aromatic rings. The molecule has 0 aromatic heterocycles. The van der Waals surface area contributed by atoms with Gasteiger partial charge in [-0.2, -0.15) is 0 Å². The Morgan fingerprint density at radius 1 is 1.00 bits per heavy atom. The van der Waals surface area contributed by atoms with E-state index in [1.54, 1.807) is 5.56 Å². The van der Waals surface area contributed by atoms with E-state index in [2.05, 4.69) is 41.0 Å². The van der Waals surface area contributed by atoms with E-state index in [0.29, 0.717) is 6.04 Å². The maximum absolute atomic E-state index is 9.05. The molecule has 1 heterocycles. The molecule has 1 aromatic carbocycles. The molecule has 3 nitrogen and oxygen atoms in total. The lowest BCUT2D eigenvalue weighted by atomic mass is 9.83. The summed E-state index contributed by atoms with van der Waals surface area (Å²) in [5, 5.41) is 9.05. The van der Waals surface area contributed by atoms with E-state index in [9.17, 15) is 0 Å². The van der Waals surface area contributed by atoms with Gasteiger partial charge in [-0.15, -0.1) is 0 Å². The SMILES string of the molecule is CC(c1ccc(C2CCCCC2)cc1)N1CCN(CCO)CC1. The first-order chi connectivity index (χ1) is 11.3. The molecule has 1 unspecified atom stereocenters. The molecule has 1 N–H and O–H groups in total. The van der Waals surface area contributed by atoms with Gasteiger partial charge in [0.25, 0.3) is 0 Å². The molecule has 128 valence electrons. The second kappa shape index (κ2) is 8.27. The zero-order chi connectivity index (χ0) is 16.1. The Morgan fingerprint density at radius 2 is 1.65 bits per heavy atom. The average molecular weight is 316 g/mol. The van der Waals surface area contributed by atoms with Crippen LogP contribution in [0.1, 0.15) is 62.1 Å². The fourth-order valence-electron chi connectivity index (χ4n) is 4.21. The van der Waals surface area contributed by atoms with Crippen molar-refractivity contribution in [3.8, 4) is 0 Å². The molecule has 2 aliphatic rings. The minimum Gasteiger partial charge on any atom is -0.395 e. The van der Waals surface area contributed by atoms with E-state index >= 15 is 0 Å². The van der Waals surface area contributed by atoms with Crippen LogP contribution in [0.2, 0.25) is 0 Å². The summed E-state index contributed by atoms with van der Waals surface area (Å²) in [7, 11) is 0. The molecular weight excluding hydrogens is 284 g/mol. The number of rotatable bonds is 5. The Labute approximate surface area is 141 Å². The van der Waals surface area contributed by atoms with Gasteiger partial charge in [-0.05, 0) is 36.8 Å². The van der Waals surface area contributed by atoms with Crippen molar-refractivity contribution < 1.29 is 5.11 Å². The van der Waals surface area contributed by atoms with Crippen molar-refractivity contribution in [3.05, 3.63) is 35.4 Å². The number of hydrogen-bond donors (Lipinski definition) is 1. The third kappa shape index (κ3) is 4.34. The molecule has 1 aliphatic carbocycles. The van der Waals surface area contributed by atoms with Crippen LogP contribution in [0, 0.1) is 0 Å². The van der Waals surface area contributed by atoms with Crippen LogP contribution in [0.5, 0.6) is 0 Å². The molecule has 23 heavy (non-hydrogen) atoms. The highest BCUT2D eigenvalue weighted by atomic mass is 16.3. The maximum atomic E-state index is 9.05. The standard InChI is InChI=1S/C20H32N2O/c1-17(22-13-11-21(12-14-22)15-16-23)18-7-9-20(10-8-18)19-5-3-2-4-6-19/h7-10,17,19,23H,2-6,11-16H2,1H3. The van der Waals surface area contributed by atoms with Crippen molar-refractivity contribution in [3.63, 3.8) is 0 Å². The Hall–Kier alpha value is -0.900. The van der Waals surface area contributed by atoms with Gasteiger partial charge in [0.05, 0.1) is 6.61 Å². The smallest absolute Gasteiger partial charge is 0.0558 e. The molecule has 0 radical (unpaired) electrons. The van der Waals surface area contributed by atoms with E-state index in [-0.39, 0.29) is 6.61 Å². The molecule has 3 heteroatoms.